The molecule has 0 saturated heterocycles. The van der Waals surface area contributed by atoms with Gasteiger partial charge in [0.2, 0.25) is 0 Å². The van der Waals surface area contributed by atoms with Crippen LogP contribution in [0.4, 0.5) is 8.78 Å². The first-order valence-corrected chi connectivity index (χ1v) is 7.92. The summed E-state index contributed by atoms with van der Waals surface area (Å²) in [6.45, 7) is 3.36. The molecule has 0 aromatic heterocycles. The van der Waals surface area contributed by atoms with Crippen molar-refractivity contribution >= 4 is 28.5 Å². The standard InChI is InChI=1S/C14H18ClF2NOS/c1-14(2,20(18)19)9-10(4-3-7-15)12-8-11(16)5-6-13(12)17/h5-6,8-9H,3-4,7,18H2,1-2H3. The maximum atomic E-state index is 13.9. The average molecular weight is 322 g/mol. The van der Waals surface area contributed by atoms with Crippen LogP contribution < -0.4 is 5.14 Å². The van der Waals surface area contributed by atoms with Crippen molar-refractivity contribution in [1.82, 2.24) is 0 Å². The number of hydrogen-bond donors (Lipinski definition) is 1. The number of rotatable bonds is 6. The van der Waals surface area contributed by atoms with Gasteiger partial charge >= 0.3 is 0 Å². The fourth-order valence-electron chi connectivity index (χ4n) is 1.76. The lowest BCUT2D eigenvalue weighted by atomic mass is 9.97. The molecule has 1 atom stereocenters. The molecule has 0 aliphatic carbocycles. The number of nitrogens with two attached hydrogens (primary N) is 1. The second kappa shape index (κ2) is 7.41. The number of allylic oxidation sites excluding steroid dienone is 1. The van der Waals surface area contributed by atoms with Crippen molar-refractivity contribution in [1.29, 1.82) is 0 Å². The lowest BCUT2D eigenvalue weighted by molar-refractivity contribution is 0.572. The Kier molecular flexibility index (Phi) is 6.45. The van der Waals surface area contributed by atoms with Gasteiger partial charge in [0.25, 0.3) is 0 Å². The Hall–Kier alpha value is -0.620. The molecule has 0 heterocycles. The van der Waals surface area contributed by atoms with Gasteiger partial charge in [-0.15, -0.1) is 11.6 Å². The van der Waals surface area contributed by atoms with Crippen molar-refractivity contribution in [3.8, 4) is 0 Å². The highest BCUT2D eigenvalue weighted by molar-refractivity contribution is 7.90. The molecule has 2 N–H and O–H groups in total. The summed E-state index contributed by atoms with van der Waals surface area (Å²) in [5.41, 5.74) is 0.722. The van der Waals surface area contributed by atoms with Gasteiger partial charge in [0.05, 0.1) is 0 Å². The van der Waals surface area contributed by atoms with Crippen LogP contribution in [-0.2, 0) is 11.4 Å². The molecule has 1 unspecified atom stereocenters. The van der Waals surface area contributed by atoms with Gasteiger partial charge in [-0.2, -0.15) is 5.14 Å². The highest BCUT2D eigenvalue weighted by Gasteiger charge is 2.28. The molecule has 1 aromatic rings. The van der Waals surface area contributed by atoms with Gasteiger partial charge in [0, 0.05) is 22.8 Å². The predicted molar refractivity (Wildman–Crippen MR) is 80.7 cm³/mol. The molecule has 0 spiro atoms. The Morgan fingerprint density at radius 1 is 1.45 bits per heavy atom. The van der Waals surface area contributed by atoms with Gasteiger partial charge < -0.3 is 4.55 Å². The van der Waals surface area contributed by atoms with Crippen molar-refractivity contribution < 1.29 is 13.3 Å². The van der Waals surface area contributed by atoms with Crippen molar-refractivity contribution in [3.63, 3.8) is 0 Å². The summed E-state index contributed by atoms with van der Waals surface area (Å²) in [6.07, 6.45) is 2.70. The number of alkyl halides is 1. The van der Waals surface area contributed by atoms with E-state index in [2.05, 4.69) is 0 Å². The maximum absolute atomic E-state index is 13.9. The molecule has 2 nitrogen and oxygen atoms in total. The van der Waals surface area contributed by atoms with E-state index in [0.717, 1.165) is 18.2 Å². The van der Waals surface area contributed by atoms with E-state index in [4.69, 9.17) is 16.7 Å². The molecule has 0 saturated carbocycles. The second-order valence-electron chi connectivity index (χ2n) is 4.99. The minimum absolute atomic E-state index is 0.161. The summed E-state index contributed by atoms with van der Waals surface area (Å²) >= 11 is 4.04. The lowest BCUT2D eigenvalue weighted by Gasteiger charge is -2.22. The molecule has 0 aliphatic rings. The van der Waals surface area contributed by atoms with E-state index in [1.165, 1.54) is 0 Å². The molecular formula is C14H18ClF2NOS. The topological polar surface area (TPSA) is 49.1 Å². The fraction of sp³-hybridized carbons (Fsp3) is 0.429. The Balaban J connectivity index is 3.25. The largest absolute Gasteiger partial charge is 0.598 e. The summed E-state index contributed by atoms with van der Waals surface area (Å²) in [5, 5.41) is 5.43. The van der Waals surface area contributed by atoms with Crippen LogP contribution in [-0.4, -0.2) is 15.2 Å². The zero-order valence-electron chi connectivity index (χ0n) is 11.5. The van der Waals surface area contributed by atoms with Gasteiger partial charge in [0.1, 0.15) is 11.6 Å². The molecule has 0 fully saturated rings. The van der Waals surface area contributed by atoms with Crippen LogP contribution in [0.25, 0.3) is 5.57 Å². The van der Waals surface area contributed by atoms with Crippen molar-refractivity contribution in [2.45, 2.75) is 31.4 Å². The third-order valence-corrected chi connectivity index (χ3v) is 4.32. The highest BCUT2D eigenvalue weighted by atomic mass is 35.5. The summed E-state index contributed by atoms with van der Waals surface area (Å²) in [4.78, 5) is 0. The van der Waals surface area contributed by atoms with E-state index in [1.807, 2.05) is 0 Å². The van der Waals surface area contributed by atoms with E-state index in [9.17, 15) is 13.3 Å². The van der Waals surface area contributed by atoms with E-state index in [-0.39, 0.29) is 5.56 Å². The Labute approximate surface area is 126 Å². The molecule has 0 amide bonds. The Bertz CT molecular complexity index is 492. The van der Waals surface area contributed by atoms with Crippen molar-refractivity contribution in [2.75, 3.05) is 5.88 Å². The molecule has 1 aromatic carbocycles. The van der Waals surface area contributed by atoms with Crippen LogP contribution in [0.1, 0.15) is 32.3 Å². The van der Waals surface area contributed by atoms with Crippen LogP contribution in [0.3, 0.4) is 0 Å². The molecule has 20 heavy (non-hydrogen) atoms. The van der Waals surface area contributed by atoms with Crippen molar-refractivity contribution in [3.05, 3.63) is 41.5 Å². The number of benzene rings is 1. The first-order chi connectivity index (χ1) is 9.27. The first-order valence-electron chi connectivity index (χ1n) is 6.17. The van der Waals surface area contributed by atoms with E-state index < -0.39 is 27.7 Å². The normalized spacial score (nSPS) is 14.4. The molecule has 0 aliphatic heterocycles. The maximum Gasteiger partial charge on any atom is 0.158 e. The van der Waals surface area contributed by atoms with Crippen LogP contribution in [0.15, 0.2) is 24.3 Å². The van der Waals surface area contributed by atoms with Crippen LogP contribution in [0.5, 0.6) is 0 Å². The molecule has 6 heteroatoms. The minimum Gasteiger partial charge on any atom is -0.598 e. The smallest absolute Gasteiger partial charge is 0.158 e. The van der Waals surface area contributed by atoms with Gasteiger partial charge in [-0.25, -0.2) is 8.78 Å². The van der Waals surface area contributed by atoms with Gasteiger partial charge in [-0.1, -0.05) is 0 Å². The van der Waals surface area contributed by atoms with E-state index >= 15 is 0 Å². The number of halogens is 3. The summed E-state index contributed by atoms with van der Waals surface area (Å²) in [6, 6.07) is 3.26. The highest BCUT2D eigenvalue weighted by Crippen LogP contribution is 2.28. The minimum atomic E-state index is -1.61. The molecule has 0 bridgehead atoms. The fourth-order valence-corrected chi connectivity index (χ4v) is 2.16. The van der Waals surface area contributed by atoms with E-state index in [0.29, 0.717) is 24.3 Å². The van der Waals surface area contributed by atoms with Crippen LogP contribution in [0.2, 0.25) is 0 Å². The Morgan fingerprint density at radius 2 is 2.10 bits per heavy atom. The zero-order chi connectivity index (χ0) is 15.3. The molecule has 0 radical (unpaired) electrons. The number of hydrogen-bond acceptors (Lipinski definition) is 2. The van der Waals surface area contributed by atoms with Gasteiger partial charge in [-0.3, -0.25) is 0 Å². The summed E-state index contributed by atoms with van der Waals surface area (Å²) < 4.78 is 37.9. The summed E-state index contributed by atoms with van der Waals surface area (Å²) in [5.74, 6) is -0.642. The average Bonchev–Trinajstić information content (AvgIpc) is 2.37. The zero-order valence-corrected chi connectivity index (χ0v) is 13.0. The molecule has 1 rings (SSSR count). The Morgan fingerprint density at radius 3 is 2.65 bits per heavy atom. The van der Waals surface area contributed by atoms with Crippen molar-refractivity contribution in [2.24, 2.45) is 5.14 Å². The quantitative estimate of drug-likeness (QED) is 0.640. The second-order valence-corrected chi connectivity index (χ2v) is 7.01. The summed E-state index contributed by atoms with van der Waals surface area (Å²) in [7, 11) is 0. The third kappa shape index (κ3) is 4.74. The molecular weight excluding hydrogens is 304 g/mol. The molecule has 112 valence electrons. The van der Waals surface area contributed by atoms with Crippen LogP contribution >= 0.6 is 11.6 Å². The van der Waals surface area contributed by atoms with Gasteiger partial charge in [0.15, 0.2) is 4.75 Å². The van der Waals surface area contributed by atoms with Gasteiger partial charge in [-0.05, 0) is 56.5 Å². The monoisotopic (exact) mass is 321 g/mol. The third-order valence-electron chi connectivity index (χ3n) is 2.89. The SMILES string of the molecule is CC(C)(C=C(CCCCl)c1cc(F)ccc1F)[S+](N)[O-]. The predicted octanol–water partition coefficient (Wildman–Crippen LogP) is 3.77. The van der Waals surface area contributed by atoms with E-state index in [1.54, 1.807) is 19.9 Å². The lowest BCUT2D eigenvalue weighted by Crippen LogP contribution is -2.36. The van der Waals surface area contributed by atoms with Crippen LogP contribution in [0, 0.1) is 11.6 Å². The first kappa shape index (κ1) is 17.4.